The van der Waals surface area contributed by atoms with Gasteiger partial charge in [-0.3, -0.25) is 4.79 Å². The molecule has 0 atom stereocenters. The largest absolute Gasteiger partial charge is 0.355 e. The van der Waals surface area contributed by atoms with Crippen molar-refractivity contribution in [2.24, 2.45) is 0 Å². The zero-order valence-corrected chi connectivity index (χ0v) is 17.1. The number of rotatable bonds is 8. The van der Waals surface area contributed by atoms with Crippen LogP contribution >= 0.6 is 27.7 Å². The maximum Gasteiger partial charge on any atom is 0.230 e. The fourth-order valence-corrected chi connectivity index (χ4v) is 4.14. The highest BCUT2D eigenvalue weighted by molar-refractivity contribution is 9.10. The average molecular weight is 414 g/mol. The fourth-order valence-electron chi connectivity index (χ4n) is 2.83. The van der Waals surface area contributed by atoms with Crippen LogP contribution in [-0.2, 0) is 4.79 Å². The molecular weight excluding hydrogens is 386 g/mol. The van der Waals surface area contributed by atoms with Gasteiger partial charge in [-0.25, -0.2) is 0 Å². The van der Waals surface area contributed by atoms with Crippen LogP contribution in [0, 0.1) is 6.92 Å². The van der Waals surface area contributed by atoms with Gasteiger partial charge in [-0.05, 0) is 50.2 Å². The fraction of sp³-hybridized carbons (Fsp3) is 0.611. The molecule has 2 rings (SSSR count). The highest BCUT2D eigenvalue weighted by atomic mass is 79.9. The molecule has 0 saturated carbocycles. The van der Waals surface area contributed by atoms with Crippen molar-refractivity contribution in [1.29, 1.82) is 0 Å². The Morgan fingerprint density at radius 1 is 1.25 bits per heavy atom. The van der Waals surface area contributed by atoms with Gasteiger partial charge in [0.05, 0.1) is 5.75 Å². The molecule has 0 bridgehead atoms. The van der Waals surface area contributed by atoms with Crippen molar-refractivity contribution >= 4 is 33.6 Å². The molecule has 0 unspecified atom stereocenters. The summed E-state index contributed by atoms with van der Waals surface area (Å²) in [6, 6.07) is 6.16. The summed E-state index contributed by atoms with van der Waals surface area (Å²) in [7, 11) is 0. The smallest absolute Gasteiger partial charge is 0.230 e. The highest BCUT2D eigenvalue weighted by Gasteiger charge is 2.14. The summed E-state index contributed by atoms with van der Waals surface area (Å²) >= 11 is 5.07. The van der Waals surface area contributed by atoms with Crippen LogP contribution < -0.4 is 5.32 Å². The second-order valence-corrected chi connectivity index (χ2v) is 8.11. The van der Waals surface area contributed by atoms with E-state index in [2.05, 4.69) is 57.0 Å². The third-order valence-corrected chi connectivity index (χ3v) is 6.05. The first kappa shape index (κ1) is 19.8. The van der Waals surface area contributed by atoms with Crippen LogP contribution in [0.25, 0.3) is 0 Å². The topological polar surface area (TPSA) is 35.6 Å². The summed E-state index contributed by atoms with van der Waals surface area (Å²) in [6.07, 6.45) is 1.03. The summed E-state index contributed by atoms with van der Waals surface area (Å²) < 4.78 is 1.08. The number of piperazine rings is 1. The van der Waals surface area contributed by atoms with Gasteiger partial charge in [0.2, 0.25) is 5.91 Å². The normalized spacial score (nSPS) is 16.3. The van der Waals surface area contributed by atoms with E-state index in [9.17, 15) is 4.79 Å². The van der Waals surface area contributed by atoms with E-state index in [0.29, 0.717) is 5.75 Å². The zero-order chi connectivity index (χ0) is 17.4. The van der Waals surface area contributed by atoms with E-state index in [0.717, 1.165) is 43.6 Å². The van der Waals surface area contributed by atoms with Crippen molar-refractivity contribution in [2.75, 3.05) is 51.6 Å². The summed E-state index contributed by atoms with van der Waals surface area (Å²) in [5.41, 5.74) is 1.20. The molecule has 24 heavy (non-hydrogen) atoms. The highest BCUT2D eigenvalue weighted by Crippen LogP contribution is 2.25. The number of thioether (sulfide) groups is 1. The van der Waals surface area contributed by atoms with Crippen molar-refractivity contribution in [3.63, 3.8) is 0 Å². The summed E-state index contributed by atoms with van der Waals surface area (Å²) in [5.74, 6) is 0.607. The molecule has 4 nitrogen and oxygen atoms in total. The molecule has 1 aromatic rings. The van der Waals surface area contributed by atoms with E-state index < -0.39 is 0 Å². The molecule has 6 heteroatoms. The third kappa shape index (κ3) is 6.75. The quantitative estimate of drug-likeness (QED) is 0.524. The van der Waals surface area contributed by atoms with Gasteiger partial charge in [-0.15, -0.1) is 11.8 Å². The van der Waals surface area contributed by atoms with E-state index in [1.807, 2.05) is 6.07 Å². The SMILES string of the molecule is CCN1CCN(CCCNC(=O)CSc2ccc(Br)cc2C)CC1. The van der Waals surface area contributed by atoms with Gasteiger partial charge in [0.15, 0.2) is 0 Å². The van der Waals surface area contributed by atoms with E-state index in [4.69, 9.17) is 0 Å². The minimum absolute atomic E-state index is 0.123. The number of benzene rings is 1. The lowest BCUT2D eigenvalue weighted by molar-refractivity contribution is -0.118. The lowest BCUT2D eigenvalue weighted by atomic mass is 10.2. The van der Waals surface area contributed by atoms with Crippen molar-refractivity contribution < 1.29 is 4.79 Å². The van der Waals surface area contributed by atoms with Gasteiger partial charge in [-0.1, -0.05) is 22.9 Å². The van der Waals surface area contributed by atoms with Crippen molar-refractivity contribution in [1.82, 2.24) is 15.1 Å². The Morgan fingerprint density at radius 3 is 2.62 bits per heavy atom. The predicted molar refractivity (Wildman–Crippen MR) is 106 cm³/mol. The average Bonchev–Trinajstić information content (AvgIpc) is 2.58. The standard InChI is InChI=1S/C18H28BrN3OS/c1-3-21-9-11-22(12-10-21)8-4-7-20-18(23)14-24-17-6-5-16(19)13-15(17)2/h5-6,13H,3-4,7-12,14H2,1-2H3,(H,20,23). The number of carbonyl (C=O) groups excluding carboxylic acids is 1. The third-order valence-electron chi connectivity index (χ3n) is 4.38. The zero-order valence-electron chi connectivity index (χ0n) is 14.7. The monoisotopic (exact) mass is 413 g/mol. The Balaban J connectivity index is 1.57. The number of nitrogens with one attached hydrogen (secondary N) is 1. The molecule has 1 amide bonds. The number of halogens is 1. The number of amides is 1. The lowest BCUT2D eigenvalue weighted by Gasteiger charge is -2.33. The molecule has 0 radical (unpaired) electrons. The van der Waals surface area contributed by atoms with Crippen LogP contribution in [0.4, 0.5) is 0 Å². The molecule has 1 fully saturated rings. The molecule has 1 aliphatic rings. The Labute approximate surface area is 158 Å². The van der Waals surface area contributed by atoms with Gasteiger partial charge in [0, 0.05) is 42.1 Å². The maximum atomic E-state index is 12.0. The maximum absolute atomic E-state index is 12.0. The molecule has 1 heterocycles. The van der Waals surface area contributed by atoms with E-state index >= 15 is 0 Å². The first-order valence-corrected chi connectivity index (χ1v) is 10.5. The van der Waals surface area contributed by atoms with Gasteiger partial charge < -0.3 is 15.1 Å². The number of likely N-dealkylation sites (N-methyl/N-ethyl adjacent to an activating group) is 1. The Kier molecular flexibility index (Phi) is 8.59. The predicted octanol–water partition coefficient (Wildman–Crippen LogP) is 2.99. The minimum Gasteiger partial charge on any atom is -0.355 e. The van der Waals surface area contributed by atoms with E-state index in [1.165, 1.54) is 23.5 Å². The van der Waals surface area contributed by atoms with Crippen LogP contribution in [0.5, 0.6) is 0 Å². The second kappa shape index (κ2) is 10.4. The number of carbonyl (C=O) groups is 1. The Hall–Kier alpha value is -0.560. The number of hydrogen-bond donors (Lipinski definition) is 1. The molecular formula is C18H28BrN3OS. The lowest BCUT2D eigenvalue weighted by Crippen LogP contribution is -2.46. The molecule has 1 N–H and O–H groups in total. The number of nitrogens with zero attached hydrogens (tertiary/aromatic N) is 2. The number of aryl methyl sites for hydroxylation is 1. The molecule has 0 aliphatic carbocycles. The van der Waals surface area contributed by atoms with Crippen molar-refractivity contribution in [3.05, 3.63) is 28.2 Å². The summed E-state index contributed by atoms with van der Waals surface area (Å²) in [5, 5.41) is 3.04. The first-order valence-electron chi connectivity index (χ1n) is 8.69. The van der Waals surface area contributed by atoms with Gasteiger partial charge >= 0.3 is 0 Å². The van der Waals surface area contributed by atoms with Gasteiger partial charge in [-0.2, -0.15) is 0 Å². The van der Waals surface area contributed by atoms with Crippen LogP contribution in [0.3, 0.4) is 0 Å². The van der Waals surface area contributed by atoms with Crippen LogP contribution in [0.2, 0.25) is 0 Å². The van der Waals surface area contributed by atoms with Crippen LogP contribution in [0.1, 0.15) is 18.9 Å². The molecule has 0 spiro atoms. The van der Waals surface area contributed by atoms with Crippen molar-refractivity contribution in [3.8, 4) is 0 Å². The van der Waals surface area contributed by atoms with E-state index in [-0.39, 0.29) is 5.91 Å². The summed E-state index contributed by atoms with van der Waals surface area (Å²) in [6.45, 7) is 11.9. The molecule has 0 aromatic heterocycles. The Bertz CT molecular complexity index is 533. The molecule has 134 valence electrons. The van der Waals surface area contributed by atoms with Crippen LogP contribution in [0.15, 0.2) is 27.6 Å². The second-order valence-electron chi connectivity index (χ2n) is 6.18. The van der Waals surface area contributed by atoms with Crippen LogP contribution in [-0.4, -0.2) is 67.3 Å². The Morgan fingerprint density at radius 2 is 1.96 bits per heavy atom. The van der Waals surface area contributed by atoms with E-state index in [1.54, 1.807) is 11.8 Å². The molecule has 1 saturated heterocycles. The van der Waals surface area contributed by atoms with Gasteiger partial charge in [0.25, 0.3) is 0 Å². The number of hydrogen-bond acceptors (Lipinski definition) is 4. The molecule has 1 aromatic carbocycles. The first-order chi connectivity index (χ1) is 11.6. The summed E-state index contributed by atoms with van der Waals surface area (Å²) in [4.78, 5) is 18.1. The molecule has 1 aliphatic heterocycles. The van der Waals surface area contributed by atoms with Gasteiger partial charge in [0.1, 0.15) is 0 Å². The van der Waals surface area contributed by atoms with Crippen molar-refractivity contribution in [2.45, 2.75) is 25.2 Å². The minimum atomic E-state index is 0.123.